The molecule has 0 unspecified atom stereocenters. The first-order valence-corrected chi connectivity index (χ1v) is 14.6. The van der Waals surface area contributed by atoms with Gasteiger partial charge in [-0.2, -0.15) is 9.40 Å². The summed E-state index contributed by atoms with van der Waals surface area (Å²) in [6.45, 7) is 2.11. The molecular formula is C26H26N4O5S3. The van der Waals surface area contributed by atoms with E-state index >= 15 is 0 Å². The molecule has 9 nitrogen and oxygen atoms in total. The second kappa shape index (κ2) is 11.5. The van der Waals surface area contributed by atoms with Gasteiger partial charge in [0.05, 0.1) is 41.9 Å². The first kappa shape index (κ1) is 26.7. The molecule has 0 spiro atoms. The Bertz CT molecular complexity index is 1480. The zero-order valence-electron chi connectivity index (χ0n) is 20.6. The van der Waals surface area contributed by atoms with Crippen LogP contribution in [0.1, 0.15) is 5.56 Å². The average molecular weight is 571 g/mol. The van der Waals surface area contributed by atoms with Gasteiger partial charge in [-0.1, -0.05) is 54.3 Å². The molecule has 2 saturated heterocycles. The number of hydrogen-bond acceptors (Lipinski definition) is 8. The summed E-state index contributed by atoms with van der Waals surface area (Å²) in [5.74, 6) is -0.195. The number of morpholine rings is 1. The number of carbonyl (C=O) groups excluding carboxylic acids is 1. The van der Waals surface area contributed by atoms with E-state index in [0.717, 1.165) is 5.69 Å². The molecule has 0 radical (unpaired) electrons. The lowest BCUT2D eigenvalue weighted by molar-refractivity contribution is -0.122. The number of amides is 1. The normalized spacial score (nSPS) is 18.0. The van der Waals surface area contributed by atoms with Crippen molar-refractivity contribution in [3.63, 3.8) is 0 Å². The third-order valence-electron chi connectivity index (χ3n) is 6.16. The highest BCUT2D eigenvalue weighted by atomic mass is 32.2. The van der Waals surface area contributed by atoms with Crippen LogP contribution in [0.15, 0.2) is 70.6 Å². The van der Waals surface area contributed by atoms with Gasteiger partial charge in [0.2, 0.25) is 10.0 Å². The smallest absolute Gasteiger partial charge is 0.266 e. The van der Waals surface area contributed by atoms with Gasteiger partial charge in [-0.05, 0) is 30.3 Å². The largest absolute Gasteiger partial charge is 0.383 e. The maximum atomic E-state index is 13.3. The number of hydrogen-bond donors (Lipinski definition) is 0. The van der Waals surface area contributed by atoms with Gasteiger partial charge >= 0.3 is 0 Å². The van der Waals surface area contributed by atoms with E-state index in [1.54, 1.807) is 36.1 Å². The summed E-state index contributed by atoms with van der Waals surface area (Å²) in [6, 6.07) is 16.3. The highest BCUT2D eigenvalue weighted by molar-refractivity contribution is 8.26. The number of rotatable bonds is 8. The van der Waals surface area contributed by atoms with Gasteiger partial charge in [0.15, 0.2) is 0 Å². The van der Waals surface area contributed by atoms with Gasteiger partial charge in [-0.3, -0.25) is 9.69 Å². The van der Waals surface area contributed by atoms with Crippen LogP contribution in [0.3, 0.4) is 0 Å². The van der Waals surface area contributed by atoms with Gasteiger partial charge < -0.3 is 9.47 Å². The van der Waals surface area contributed by atoms with Gasteiger partial charge in [0, 0.05) is 37.5 Å². The number of methoxy groups -OCH3 is 1. The van der Waals surface area contributed by atoms with E-state index in [-0.39, 0.29) is 10.8 Å². The highest BCUT2D eigenvalue weighted by Gasteiger charge is 2.32. The number of ether oxygens (including phenoxy) is 2. The Kier molecular flexibility index (Phi) is 8.07. The van der Waals surface area contributed by atoms with E-state index < -0.39 is 10.0 Å². The number of thioether (sulfide) groups is 1. The van der Waals surface area contributed by atoms with Gasteiger partial charge in [0.1, 0.15) is 10.0 Å². The summed E-state index contributed by atoms with van der Waals surface area (Å²) in [5.41, 5.74) is 2.67. The van der Waals surface area contributed by atoms with Gasteiger partial charge in [-0.25, -0.2) is 13.1 Å². The number of nitrogens with zero attached hydrogens (tertiary/aromatic N) is 4. The maximum Gasteiger partial charge on any atom is 0.266 e. The van der Waals surface area contributed by atoms with E-state index in [0.29, 0.717) is 65.5 Å². The predicted molar refractivity (Wildman–Crippen MR) is 150 cm³/mol. The molecule has 38 heavy (non-hydrogen) atoms. The SMILES string of the molecule is COCCN1C(=O)C(=Cc2cn(-c3ccccc3)nc2-c2cccc(S(=O)(=O)N3CCOCC3)c2)SC1=S. The molecule has 2 aromatic carbocycles. The van der Waals surface area contributed by atoms with Crippen molar-refractivity contribution in [1.29, 1.82) is 0 Å². The Hall–Kier alpha value is -2.87. The van der Waals surface area contributed by atoms with Gasteiger partial charge in [0.25, 0.3) is 5.91 Å². The highest BCUT2D eigenvalue weighted by Crippen LogP contribution is 2.35. The van der Waals surface area contributed by atoms with Crippen molar-refractivity contribution in [2.75, 3.05) is 46.6 Å². The van der Waals surface area contributed by atoms with E-state index in [4.69, 9.17) is 26.8 Å². The van der Waals surface area contributed by atoms with Crippen LogP contribution in [0, 0.1) is 0 Å². The minimum absolute atomic E-state index is 0.183. The molecule has 0 atom stereocenters. The van der Waals surface area contributed by atoms with Crippen molar-refractivity contribution < 1.29 is 22.7 Å². The zero-order chi connectivity index (χ0) is 26.7. The second-order valence-electron chi connectivity index (χ2n) is 8.58. The van der Waals surface area contributed by atoms with E-state index in [1.807, 2.05) is 42.6 Å². The first-order chi connectivity index (χ1) is 18.4. The number of carbonyl (C=O) groups is 1. The zero-order valence-corrected chi connectivity index (χ0v) is 23.1. The summed E-state index contributed by atoms with van der Waals surface area (Å²) < 4.78 is 40.7. The molecular weight excluding hydrogens is 545 g/mol. The minimum Gasteiger partial charge on any atom is -0.383 e. The van der Waals surface area contributed by atoms with E-state index in [1.165, 1.54) is 21.0 Å². The second-order valence-corrected chi connectivity index (χ2v) is 12.2. The Morgan fingerprint density at radius 2 is 1.89 bits per heavy atom. The van der Waals surface area contributed by atoms with Crippen LogP contribution in [-0.2, 0) is 24.3 Å². The molecule has 3 heterocycles. The van der Waals surface area contributed by atoms with Crippen LogP contribution in [0.25, 0.3) is 23.0 Å². The lowest BCUT2D eigenvalue weighted by Crippen LogP contribution is -2.40. The fourth-order valence-corrected chi connectivity index (χ4v) is 6.94. The number of sulfonamides is 1. The van der Waals surface area contributed by atoms with E-state index in [2.05, 4.69) is 0 Å². The Balaban J connectivity index is 1.56. The minimum atomic E-state index is -3.70. The van der Waals surface area contributed by atoms with Crippen LogP contribution in [-0.4, -0.2) is 84.2 Å². The van der Waals surface area contributed by atoms with Crippen LogP contribution >= 0.6 is 24.0 Å². The molecule has 0 bridgehead atoms. The summed E-state index contributed by atoms with van der Waals surface area (Å²) >= 11 is 6.65. The molecule has 0 saturated carbocycles. The first-order valence-electron chi connectivity index (χ1n) is 12.0. The van der Waals surface area contributed by atoms with Crippen LogP contribution in [0.5, 0.6) is 0 Å². The molecule has 5 rings (SSSR count). The van der Waals surface area contributed by atoms with Crippen molar-refractivity contribution in [3.8, 4) is 16.9 Å². The van der Waals surface area contributed by atoms with E-state index in [9.17, 15) is 13.2 Å². The Morgan fingerprint density at radius 3 is 2.63 bits per heavy atom. The van der Waals surface area contributed by atoms with Gasteiger partial charge in [-0.15, -0.1) is 0 Å². The molecule has 0 aliphatic carbocycles. The number of benzene rings is 2. The maximum absolute atomic E-state index is 13.3. The summed E-state index contributed by atoms with van der Waals surface area (Å²) in [4.78, 5) is 15.3. The molecule has 2 fully saturated rings. The van der Waals surface area contributed by atoms with Crippen molar-refractivity contribution in [3.05, 3.63) is 71.3 Å². The van der Waals surface area contributed by atoms with Crippen molar-refractivity contribution in [2.24, 2.45) is 0 Å². The third kappa shape index (κ3) is 5.46. The number of aromatic nitrogens is 2. The number of para-hydroxylation sites is 1. The Morgan fingerprint density at radius 1 is 1.13 bits per heavy atom. The van der Waals surface area contributed by atoms with Crippen molar-refractivity contribution in [1.82, 2.24) is 19.0 Å². The lowest BCUT2D eigenvalue weighted by atomic mass is 10.1. The molecule has 2 aliphatic heterocycles. The topological polar surface area (TPSA) is 94.0 Å². The van der Waals surface area contributed by atoms with Crippen LogP contribution in [0.2, 0.25) is 0 Å². The Labute approximate surface area is 231 Å². The fourth-order valence-electron chi connectivity index (χ4n) is 4.19. The molecule has 198 valence electrons. The van der Waals surface area contributed by atoms with Crippen LogP contribution in [0.4, 0.5) is 0 Å². The molecule has 3 aromatic rings. The quantitative estimate of drug-likeness (QED) is 0.301. The predicted octanol–water partition coefficient (Wildman–Crippen LogP) is 3.41. The average Bonchev–Trinajstić information content (AvgIpc) is 3.48. The molecule has 0 N–H and O–H groups in total. The summed E-state index contributed by atoms with van der Waals surface area (Å²) in [6.07, 6.45) is 3.59. The summed E-state index contributed by atoms with van der Waals surface area (Å²) in [5, 5.41) is 4.80. The molecule has 1 aromatic heterocycles. The van der Waals surface area contributed by atoms with Crippen molar-refractivity contribution >= 4 is 50.3 Å². The van der Waals surface area contributed by atoms with Crippen molar-refractivity contribution in [2.45, 2.75) is 4.90 Å². The monoisotopic (exact) mass is 570 g/mol. The molecule has 1 amide bonds. The fraction of sp³-hybridized carbons (Fsp3) is 0.269. The standard InChI is InChI=1S/C26H26N4O5S3/c1-34-13-12-29-25(31)23(37-26(29)36)17-20-18-30(21-7-3-2-4-8-21)27-24(20)19-6-5-9-22(16-19)38(32,33)28-10-14-35-15-11-28/h2-9,16-18H,10-15H2,1H3. The lowest BCUT2D eigenvalue weighted by Gasteiger charge is -2.26. The third-order valence-corrected chi connectivity index (χ3v) is 9.43. The van der Waals surface area contributed by atoms with Crippen LogP contribution < -0.4 is 0 Å². The summed E-state index contributed by atoms with van der Waals surface area (Å²) in [7, 11) is -2.12. The molecule has 12 heteroatoms. The molecule has 2 aliphatic rings. The number of thiocarbonyl (C=S) groups is 1.